The minimum atomic E-state index is -0.725. The third-order valence-electron chi connectivity index (χ3n) is 4.67. The summed E-state index contributed by atoms with van der Waals surface area (Å²) in [6.45, 7) is 4.39. The van der Waals surface area contributed by atoms with Gasteiger partial charge in [0.05, 0.1) is 5.54 Å². The Balaban J connectivity index is 2.22. The van der Waals surface area contributed by atoms with Crippen LogP contribution in [0.2, 0.25) is 0 Å². The zero-order chi connectivity index (χ0) is 16.4. The zero-order valence-electron chi connectivity index (χ0n) is 13.7. The van der Waals surface area contributed by atoms with E-state index in [1.165, 1.54) is 5.56 Å². The van der Waals surface area contributed by atoms with Crippen LogP contribution < -0.4 is 11.5 Å². The highest BCUT2D eigenvalue weighted by atomic mass is 14.9. The summed E-state index contributed by atoms with van der Waals surface area (Å²) in [6, 6.07) is 18.4. The van der Waals surface area contributed by atoms with Crippen LogP contribution >= 0.6 is 0 Å². The van der Waals surface area contributed by atoms with Gasteiger partial charge in [0, 0.05) is 6.04 Å². The van der Waals surface area contributed by atoms with Gasteiger partial charge in [-0.15, -0.1) is 0 Å². The summed E-state index contributed by atoms with van der Waals surface area (Å²) in [5, 5.41) is 0. The third kappa shape index (κ3) is 2.65. The highest BCUT2D eigenvalue weighted by Gasteiger charge is 2.40. The molecule has 0 radical (unpaired) electrons. The molecular formula is C21H24N2. The number of nitrogens with two attached hydrogens (primary N) is 2. The van der Waals surface area contributed by atoms with Crippen LogP contribution in [0.1, 0.15) is 36.5 Å². The summed E-state index contributed by atoms with van der Waals surface area (Å²) >= 11 is 0. The molecule has 2 aromatic rings. The van der Waals surface area contributed by atoms with Crippen LogP contribution in [0, 0.1) is 0 Å². The molecule has 2 aromatic carbocycles. The Kier molecular flexibility index (Phi) is 4.20. The normalized spacial score (nSPS) is 23.9. The number of hydrogen-bond donors (Lipinski definition) is 2. The van der Waals surface area contributed by atoms with Crippen LogP contribution in [0.5, 0.6) is 0 Å². The molecule has 0 aromatic heterocycles. The molecule has 0 bridgehead atoms. The van der Waals surface area contributed by atoms with Crippen molar-refractivity contribution in [1.82, 2.24) is 0 Å². The molecule has 2 unspecified atom stereocenters. The van der Waals surface area contributed by atoms with E-state index in [2.05, 4.69) is 50.3 Å². The minimum Gasteiger partial charge on any atom is -0.322 e. The molecular weight excluding hydrogens is 280 g/mol. The number of allylic oxidation sites excluding steroid dienone is 2. The Morgan fingerprint density at radius 3 is 2.30 bits per heavy atom. The maximum absolute atomic E-state index is 6.99. The topological polar surface area (TPSA) is 52.0 Å². The van der Waals surface area contributed by atoms with Crippen LogP contribution in [0.4, 0.5) is 0 Å². The van der Waals surface area contributed by atoms with Gasteiger partial charge in [0.2, 0.25) is 0 Å². The summed E-state index contributed by atoms with van der Waals surface area (Å²) in [5.41, 5.74) is 17.3. The lowest BCUT2D eigenvalue weighted by atomic mass is 9.70. The van der Waals surface area contributed by atoms with Gasteiger partial charge < -0.3 is 11.5 Å². The maximum atomic E-state index is 6.99. The van der Waals surface area contributed by atoms with Gasteiger partial charge in [0.1, 0.15) is 0 Å². The lowest BCUT2D eigenvalue weighted by molar-refractivity contribution is 0.503. The van der Waals surface area contributed by atoms with Crippen molar-refractivity contribution in [3.63, 3.8) is 0 Å². The maximum Gasteiger partial charge on any atom is 0.0864 e. The molecule has 3 rings (SSSR count). The van der Waals surface area contributed by atoms with Crippen molar-refractivity contribution in [3.05, 3.63) is 89.5 Å². The van der Waals surface area contributed by atoms with Gasteiger partial charge in [-0.2, -0.15) is 0 Å². The second-order valence-corrected chi connectivity index (χ2v) is 6.47. The minimum absolute atomic E-state index is 0.261. The number of benzene rings is 2. The Labute approximate surface area is 138 Å². The summed E-state index contributed by atoms with van der Waals surface area (Å²) < 4.78 is 0. The summed E-state index contributed by atoms with van der Waals surface area (Å²) in [5.74, 6) is 0.391. The SMILES string of the molecule is CC(C)c1ccccc1C1(N)C(c2ccccc2)=CC=CC1N. The van der Waals surface area contributed by atoms with E-state index in [0.29, 0.717) is 5.92 Å². The summed E-state index contributed by atoms with van der Waals surface area (Å²) in [6.07, 6.45) is 6.09. The van der Waals surface area contributed by atoms with Crippen molar-refractivity contribution in [2.24, 2.45) is 11.5 Å². The van der Waals surface area contributed by atoms with Crippen LogP contribution in [0.25, 0.3) is 5.57 Å². The fourth-order valence-electron chi connectivity index (χ4n) is 3.40. The zero-order valence-corrected chi connectivity index (χ0v) is 13.7. The molecule has 0 saturated carbocycles. The van der Waals surface area contributed by atoms with E-state index in [1.54, 1.807) is 0 Å². The van der Waals surface area contributed by atoms with Crippen molar-refractivity contribution in [1.29, 1.82) is 0 Å². The molecule has 2 nitrogen and oxygen atoms in total. The molecule has 23 heavy (non-hydrogen) atoms. The molecule has 0 amide bonds. The first-order valence-electron chi connectivity index (χ1n) is 8.13. The molecule has 118 valence electrons. The van der Waals surface area contributed by atoms with Crippen molar-refractivity contribution in [2.75, 3.05) is 0 Å². The van der Waals surface area contributed by atoms with Crippen molar-refractivity contribution in [3.8, 4) is 0 Å². The highest BCUT2D eigenvalue weighted by Crippen LogP contribution is 2.41. The molecule has 2 atom stereocenters. The quantitative estimate of drug-likeness (QED) is 0.902. The summed E-state index contributed by atoms with van der Waals surface area (Å²) in [4.78, 5) is 0. The molecule has 1 aliphatic rings. The highest BCUT2D eigenvalue weighted by molar-refractivity contribution is 5.79. The van der Waals surface area contributed by atoms with Crippen molar-refractivity contribution < 1.29 is 0 Å². The molecule has 0 aliphatic heterocycles. The molecule has 0 fully saturated rings. The second-order valence-electron chi connectivity index (χ2n) is 6.47. The Hall–Kier alpha value is -2.16. The number of rotatable bonds is 3. The van der Waals surface area contributed by atoms with Crippen molar-refractivity contribution >= 4 is 5.57 Å². The van der Waals surface area contributed by atoms with Crippen LogP contribution in [0.15, 0.2) is 72.8 Å². The van der Waals surface area contributed by atoms with Crippen LogP contribution in [-0.2, 0) is 5.54 Å². The van der Waals surface area contributed by atoms with E-state index < -0.39 is 5.54 Å². The number of hydrogen-bond acceptors (Lipinski definition) is 2. The van der Waals surface area contributed by atoms with Crippen LogP contribution in [-0.4, -0.2) is 6.04 Å². The van der Waals surface area contributed by atoms with Gasteiger partial charge in [0.25, 0.3) is 0 Å². The van der Waals surface area contributed by atoms with E-state index in [0.717, 1.165) is 16.7 Å². The average molecular weight is 304 g/mol. The van der Waals surface area contributed by atoms with E-state index in [-0.39, 0.29) is 6.04 Å². The molecule has 1 aliphatic carbocycles. The summed E-state index contributed by atoms with van der Waals surface area (Å²) in [7, 11) is 0. The fourth-order valence-corrected chi connectivity index (χ4v) is 3.40. The first-order valence-corrected chi connectivity index (χ1v) is 8.13. The average Bonchev–Trinajstić information content (AvgIpc) is 2.58. The Morgan fingerprint density at radius 1 is 0.957 bits per heavy atom. The predicted octanol–water partition coefficient (Wildman–Crippen LogP) is 3.94. The van der Waals surface area contributed by atoms with Gasteiger partial charge in [0.15, 0.2) is 0 Å². The molecule has 4 N–H and O–H groups in total. The van der Waals surface area contributed by atoms with Gasteiger partial charge >= 0.3 is 0 Å². The Bertz CT molecular complexity index is 743. The first kappa shape index (κ1) is 15.7. The standard InChI is InChI=1S/C21H24N2/c1-15(2)17-11-6-7-12-19(17)21(23)18(13-8-14-20(21)22)16-9-4-3-5-10-16/h3-15,20H,22-23H2,1-2H3. The smallest absolute Gasteiger partial charge is 0.0864 e. The lowest BCUT2D eigenvalue weighted by Gasteiger charge is -2.40. The van der Waals surface area contributed by atoms with Gasteiger partial charge in [-0.05, 0) is 28.2 Å². The van der Waals surface area contributed by atoms with Gasteiger partial charge in [-0.1, -0.05) is 86.7 Å². The van der Waals surface area contributed by atoms with E-state index in [4.69, 9.17) is 11.5 Å². The predicted molar refractivity (Wildman–Crippen MR) is 97.9 cm³/mol. The molecule has 2 heteroatoms. The Morgan fingerprint density at radius 2 is 1.61 bits per heavy atom. The van der Waals surface area contributed by atoms with E-state index in [1.807, 2.05) is 36.4 Å². The largest absolute Gasteiger partial charge is 0.322 e. The molecule has 0 heterocycles. The molecule has 0 saturated heterocycles. The van der Waals surface area contributed by atoms with Crippen LogP contribution in [0.3, 0.4) is 0 Å². The second kappa shape index (κ2) is 6.15. The lowest BCUT2D eigenvalue weighted by Crippen LogP contribution is -2.53. The monoisotopic (exact) mass is 304 g/mol. The molecule has 0 spiro atoms. The van der Waals surface area contributed by atoms with E-state index >= 15 is 0 Å². The van der Waals surface area contributed by atoms with Gasteiger partial charge in [-0.3, -0.25) is 0 Å². The van der Waals surface area contributed by atoms with Crippen molar-refractivity contribution in [2.45, 2.75) is 31.3 Å². The van der Waals surface area contributed by atoms with Gasteiger partial charge in [-0.25, -0.2) is 0 Å². The van der Waals surface area contributed by atoms with E-state index in [9.17, 15) is 0 Å². The third-order valence-corrected chi connectivity index (χ3v) is 4.67. The first-order chi connectivity index (χ1) is 11.0. The fraction of sp³-hybridized carbons (Fsp3) is 0.238.